The summed E-state index contributed by atoms with van der Waals surface area (Å²) in [4.78, 5) is 30.9. The maximum atomic E-state index is 12.9. The highest BCUT2D eigenvalue weighted by molar-refractivity contribution is 5.72. The minimum atomic E-state index is 0.0807. The first kappa shape index (κ1) is 57.9. The van der Waals surface area contributed by atoms with Crippen molar-refractivity contribution in [3.8, 4) is 0 Å². The lowest BCUT2D eigenvalue weighted by Crippen LogP contribution is -2.33. The molecule has 0 saturated carbocycles. The van der Waals surface area contributed by atoms with Crippen LogP contribution in [-0.2, 0) is 19.1 Å². The van der Waals surface area contributed by atoms with Crippen molar-refractivity contribution in [2.45, 2.75) is 265 Å². The van der Waals surface area contributed by atoms with Gasteiger partial charge in [0.15, 0.2) is 0 Å². The Morgan fingerprint density at radius 3 is 0.932 bits per heavy atom. The van der Waals surface area contributed by atoms with E-state index in [1.165, 1.54) is 212 Å². The van der Waals surface area contributed by atoms with Crippen LogP contribution in [0, 0.1) is 11.8 Å². The third kappa shape index (κ3) is 40.7. The van der Waals surface area contributed by atoms with Crippen LogP contribution in [0.1, 0.15) is 265 Å². The number of ether oxygens (including phenoxy) is 2. The van der Waals surface area contributed by atoms with E-state index in [1.807, 2.05) is 0 Å². The van der Waals surface area contributed by atoms with E-state index in [0.29, 0.717) is 13.2 Å². The predicted molar refractivity (Wildman–Crippen MR) is 257 cm³/mol. The van der Waals surface area contributed by atoms with E-state index in [1.54, 1.807) is 0 Å². The number of carbonyl (C=O) groups excluding carboxylic acids is 2. The topological polar surface area (TPSA) is 59.1 Å². The van der Waals surface area contributed by atoms with Crippen LogP contribution in [0.25, 0.3) is 0 Å². The number of esters is 2. The van der Waals surface area contributed by atoms with E-state index in [4.69, 9.17) is 9.47 Å². The Labute approximate surface area is 370 Å². The van der Waals surface area contributed by atoms with E-state index < -0.39 is 0 Å². The summed E-state index contributed by atoms with van der Waals surface area (Å²) in [6.07, 6.45) is 45.3. The summed E-state index contributed by atoms with van der Waals surface area (Å²) in [6, 6.07) is 0. The van der Waals surface area contributed by atoms with Crippen LogP contribution >= 0.6 is 0 Å². The predicted octanol–water partition coefficient (Wildman–Crippen LogP) is 15.7. The van der Waals surface area contributed by atoms with Gasteiger partial charge in [0.25, 0.3) is 0 Å². The maximum Gasteiger partial charge on any atom is 0.308 e. The zero-order valence-corrected chi connectivity index (χ0v) is 41.1. The fraction of sp³-hybridized carbons (Fsp3) is 0.962. The number of unbranched alkanes of at least 4 members (excludes halogenated alkanes) is 27. The summed E-state index contributed by atoms with van der Waals surface area (Å²) in [5.41, 5.74) is 0. The summed E-state index contributed by atoms with van der Waals surface area (Å²) in [5.74, 6) is 0.402. The Balaban J connectivity index is 4.13. The van der Waals surface area contributed by atoms with Gasteiger partial charge in [0, 0.05) is 13.1 Å². The molecule has 0 aliphatic rings. The minimum Gasteiger partial charge on any atom is -0.465 e. The standard InChI is InChI=1S/C53H106N2O4/c1-7-11-15-19-27-35-43-51(41-33-18-14-10-4)53(57)59-49-39-31-25-21-23-29-37-45-55(47-46-54(5)6)44-36-28-22-20-24-30-38-48-58-52(56)50(40-32-17-13-9-3)42-34-26-16-12-8-2/h50-51H,7-49H2,1-6H3. The van der Waals surface area contributed by atoms with Crippen molar-refractivity contribution in [2.75, 3.05) is 53.5 Å². The van der Waals surface area contributed by atoms with Crippen LogP contribution in [0.4, 0.5) is 0 Å². The quantitative estimate of drug-likeness (QED) is 0.0449. The fourth-order valence-corrected chi connectivity index (χ4v) is 8.46. The molecule has 0 aromatic rings. The van der Waals surface area contributed by atoms with Crippen LogP contribution < -0.4 is 0 Å². The first-order valence-corrected chi connectivity index (χ1v) is 26.6. The second kappa shape index (κ2) is 46.4. The molecule has 0 amide bonds. The molecule has 0 heterocycles. The van der Waals surface area contributed by atoms with E-state index in [0.717, 1.165) is 51.5 Å². The molecule has 0 aliphatic carbocycles. The third-order valence-corrected chi connectivity index (χ3v) is 12.6. The van der Waals surface area contributed by atoms with Crippen molar-refractivity contribution < 1.29 is 19.1 Å². The molecule has 2 atom stereocenters. The average Bonchev–Trinajstić information content (AvgIpc) is 3.23. The number of rotatable bonds is 48. The van der Waals surface area contributed by atoms with Crippen molar-refractivity contribution >= 4 is 11.9 Å². The van der Waals surface area contributed by atoms with Gasteiger partial charge in [0.05, 0.1) is 25.0 Å². The van der Waals surface area contributed by atoms with Gasteiger partial charge < -0.3 is 19.3 Å². The van der Waals surface area contributed by atoms with Gasteiger partial charge in [0.1, 0.15) is 0 Å². The Hall–Kier alpha value is -1.14. The summed E-state index contributed by atoms with van der Waals surface area (Å²) in [7, 11) is 4.37. The van der Waals surface area contributed by atoms with Crippen LogP contribution in [0.15, 0.2) is 0 Å². The Bertz CT molecular complexity index is 866. The molecular weight excluding hydrogens is 729 g/mol. The highest BCUT2D eigenvalue weighted by atomic mass is 16.5. The lowest BCUT2D eigenvalue weighted by Gasteiger charge is -2.24. The van der Waals surface area contributed by atoms with Crippen LogP contribution in [0.5, 0.6) is 0 Å². The zero-order chi connectivity index (χ0) is 43.3. The van der Waals surface area contributed by atoms with Crippen molar-refractivity contribution in [1.29, 1.82) is 0 Å². The lowest BCUT2D eigenvalue weighted by atomic mass is 9.94. The monoisotopic (exact) mass is 835 g/mol. The molecular formula is C53H106N2O4. The lowest BCUT2D eigenvalue weighted by molar-refractivity contribution is -0.150. The molecule has 0 spiro atoms. The van der Waals surface area contributed by atoms with Crippen LogP contribution in [-0.4, -0.2) is 75.2 Å². The maximum absolute atomic E-state index is 12.9. The molecule has 0 aliphatic heterocycles. The van der Waals surface area contributed by atoms with Gasteiger partial charge >= 0.3 is 11.9 Å². The Kier molecular flexibility index (Phi) is 45.5. The molecule has 6 heteroatoms. The first-order chi connectivity index (χ1) is 28.9. The SMILES string of the molecule is CCCCCCCCC(CCCCCC)C(=O)OCCCCCCCCCN(CCCCCCCCCOC(=O)C(CCCCCC)CCCCCCC)CCN(C)C. The summed E-state index contributed by atoms with van der Waals surface area (Å²) >= 11 is 0. The van der Waals surface area contributed by atoms with Gasteiger partial charge in [-0.3, -0.25) is 9.59 Å². The number of likely N-dealkylation sites (N-methyl/N-ethyl adjacent to an activating group) is 1. The summed E-state index contributed by atoms with van der Waals surface area (Å²) < 4.78 is 11.6. The van der Waals surface area contributed by atoms with Gasteiger partial charge in [-0.25, -0.2) is 0 Å². The molecule has 0 saturated heterocycles. The molecule has 0 bridgehead atoms. The number of carbonyl (C=O) groups is 2. The van der Waals surface area contributed by atoms with E-state index >= 15 is 0 Å². The number of hydrogen-bond donors (Lipinski definition) is 0. The van der Waals surface area contributed by atoms with Crippen molar-refractivity contribution in [2.24, 2.45) is 11.8 Å². The Morgan fingerprint density at radius 2 is 0.610 bits per heavy atom. The second-order valence-electron chi connectivity index (χ2n) is 18.8. The molecule has 0 rings (SSSR count). The molecule has 0 fully saturated rings. The zero-order valence-electron chi connectivity index (χ0n) is 41.1. The Morgan fingerprint density at radius 1 is 0.339 bits per heavy atom. The van der Waals surface area contributed by atoms with Crippen LogP contribution in [0.3, 0.4) is 0 Å². The molecule has 0 N–H and O–H groups in total. The minimum absolute atomic E-state index is 0.0807. The third-order valence-electron chi connectivity index (χ3n) is 12.6. The largest absolute Gasteiger partial charge is 0.465 e. The molecule has 0 radical (unpaired) electrons. The van der Waals surface area contributed by atoms with Gasteiger partial charge in [-0.2, -0.15) is 0 Å². The smallest absolute Gasteiger partial charge is 0.308 e. The van der Waals surface area contributed by atoms with E-state index in [2.05, 4.69) is 51.6 Å². The first-order valence-electron chi connectivity index (χ1n) is 26.6. The molecule has 0 aromatic heterocycles. The van der Waals surface area contributed by atoms with E-state index in [-0.39, 0.29) is 23.8 Å². The molecule has 352 valence electrons. The summed E-state index contributed by atoms with van der Waals surface area (Å²) in [6.45, 7) is 15.0. The fourth-order valence-electron chi connectivity index (χ4n) is 8.46. The normalized spacial score (nSPS) is 12.7. The van der Waals surface area contributed by atoms with Gasteiger partial charge in [-0.15, -0.1) is 0 Å². The van der Waals surface area contributed by atoms with Crippen molar-refractivity contribution in [3.05, 3.63) is 0 Å². The second-order valence-corrected chi connectivity index (χ2v) is 18.8. The highest BCUT2D eigenvalue weighted by Gasteiger charge is 2.20. The van der Waals surface area contributed by atoms with Crippen LogP contribution in [0.2, 0.25) is 0 Å². The van der Waals surface area contributed by atoms with Crippen molar-refractivity contribution in [3.63, 3.8) is 0 Å². The van der Waals surface area contributed by atoms with Gasteiger partial charge in [0.2, 0.25) is 0 Å². The van der Waals surface area contributed by atoms with Crippen molar-refractivity contribution in [1.82, 2.24) is 9.80 Å². The molecule has 2 unspecified atom stereocenters. The van der Waals surface area contributed by atoms with Gasteiger partial charge in [-0.1, -0.05) is 214 Å². The molecule has 6 nitrogen and oxygen atoms in total. The molecule has 59 heavy (non-hydrogen) atoms. The van der Waals surface area contributed by atoms with E-state index in [9.17, 15) is 9.59 Å². The van der Waals surface area contributed by atoms with Gasteiger partial charge in [-0.05, 0) is 78.6 Å². The number of nitrogens with zero attached hydrogens (tertiary/aromatic N) is 2. The highest BCUT2D eigenvalue weighted by Crippen LogP contribution is 2.22. The number of hydrogen-bond acceptors (Lipinski definition) is 6. The molecule has 0 aromatic carbocycles. The summed E-state index contributed by atoms with van der Waals surface area (Å²) in [5, 5.41) is 0. The average molecular weight is 835 g/mol.